The predicted molar refractivity (Wildman–Crippen MR) is 136 cm³/mol. The number of alkyl carbamates (subject to hydrolysis) is 1. The van der Waals surface area contributed by atoms with Crippen molar-refractivity contribution in [3.63, 3.8) is 0 Å². The van der Waals surface area contributed by atoms with Crippen LogP contribution in [-0.2, 0) is 41.5 Å². The van der Waals surface area contributed by atoms with Gasteiger partial charge in [0.25, 0.3) is 0 Å². The number of carbonyl (C=O) groups excluding carboxylic acids is 1. The molecule has 1 aromatic carbocycles. The number of pyridine rings is 1. The van der Waals surface area contributed by atoms with E-state index in [0.717, 1.165) is 45.6 Å². The van der Waals surface area contributed by atoms with Gasteiger partial charge in [-0.2, -0.15) is 0 Å². The first-order chi connectivity index (χ1) is 15.9. The fourth-order valence-corrected chi connectivity index (χ4v) is 4.00. The zero-order valence-corrected chi connectivity index (χ0v) is 21.9. The number of nitrogens with zero attached hydrogens (tertiary/aromatic N) is 1. The normalized spacial score (nSPS) is 11.8. The van der Waals surface area contributed by atoms with Crippen LogP contribution in [-0.4, -0.2) is 31.0 Å². The van der Waals surface area contributed by atoms with Crippen LogP contribution >= 0.6 is 0 Å². The van der Waals surface area contributed by atoms with Crippen LogP contribution in [0.2, 0.25) is 0 Å². The SMILES string of the molecule is Cc1nc(CC(C)C)c(CNC(=O)OC(C)(C)C)c(-c2ccc(CN)cc2)c1CNC[SH](=O)=O. The molecule has 0 bridgehead atoms. The Hall–Kier alpha value is -2.49. The van der Waals surface area contributed by atoms with E-state index in [2.05, 4.69) is 24.5 Å². The molecule has 1 aromatic heterocycles. The first kappa shape index (κ1) is 27.8. The summed E-state index contributed by atoms with van der Waals surface area (Å²) in [7, 11) is -2.55. The van der Waals surface area contributed by atoms with Crippen molar-refractivity contribution in [2.45, 2.75) is 73.2 Å². The largest absolute Gasteiger partial charge is 0.444 e. The Morgan fingerprint density at radius 1 is 1.12 bits per heavy atom. The molecule has 0 radical (unpaired) electrons. The summed E-state index contributed by atoms with van der Waals surface area (Å²) in [4.78, 5) is 17.3. The number of ether oxygens (including phenoxy) is 1. The van der Waals surface area contributed by atoms with Crippen LogP contribution in [0.25, 0.3) is 11.1 Å². The number of amides is 1. The van der Waals surface area contributed by atoms with Gasteiger partial charge in [-0.15, -0.1) is 0 Å². The van der Waals surface area contributed by atoms with E-state index in [1.807, 2.05) is 52.0 Å². The molecule has 0 atom stereocenters. The van der Waals surface area contributed by atoms with E-state index < -0.39 is 22.4 Å². The van der Waals surface area contributed by atoms with E-state index in [1.165, 1.54) is 0 Å². The zero-order valence-electron chi connectivity index (χ0n) is 21.0. The van der Waals surface area contributed by atoms with E-state index in [4.69, 9.17) is 15.5 Å². The molecule has 0 aliphatic heterocycles. The highest BCUT2D eigenvalue weighted by Crippen LogP contribution is 2.33. The number of rotatable bonds is 10. The molecule has 0 saturated heterocycles. The average Bonchev–Trinajstić information content (AvgIpc) is 2.72. The maximum atomic E-state index is 12.4. The van der Waals surface area contributed by atoms with Gasteiger partial charge in [-0.25, -0.2) is 13.2 Å². The van der Waals surface area contributed by atoms with Crippen molar-refractivity contribution in [2.75, 3.05) is 5.88 Å². The number of benzene rings is 1. The third-order valence-electron chi connectivity index (χ3n) is 5.12. The molecule has 2 rings (SSSR count). The van der Waals surface area contributed by atoms with Gasteiger partial charge in [-0.1, -0.05) is 38.1 Å². The van der Waals surface area contributed by atoms with Gasteiger partial charge in [0, 0.05) is 36.6 Å². The second-order valence-corrected chi connectivity index (χ2v) is 10.7. The molecule has 34 heavy (non-hydrogen) atoms. The summed E-state index contributed by atoms with van der Waals surface area (Å²) in [6.07, 6.45) is 0.233. The number of aryl methyl sites for hydroxylation is 1. The Kier molecular flexibility index (Phi) is 10.0. The molecule has 0 spiro atoms. The summed E-state index contributed by atoms with van der Waals surface area (Å²) >= 11 is 0. The number of nitrogens with two attached hydrogens (primary N) is 1. The van der Waals surface area contributed by atoms with Gasteiger partial charge in [-0.05, 0) is 62.3 Å². The quantitative estimate of drug-likeness (QED) is 0.376. The van der Waals surface area contributed by atoms with Crippen LogP contribution in [0, 0.1) is 12.8 Å². The number of thiol groups is 1. The molecule has 4 N–H and O–H groups in total. The Morgan fingerprint density at radius 3 is 2.29 bits per heavy atom. The van der Waals surface area contributed by atoms with Crippen LogP contribution < -0.4 is 16.4 Å². The van der Waals surface area contributed by atoms with Gasteiger partial charge in [0.2, 0.25) is 0 Å². The van der Waals surface area contributed by atoms with Crippen LogP contribution in [0.1, 0.15) is 62.7 Å². The van der Waals surface area contributed by atoms with Gasteiger partial charge in [0.05, 0.1) is 5.88 Å². The van der Waals surface area contributed by atoms with Crippen molar-refractivity contribution in [1.29, 1.82) is 0 Å². The molecule has 188 valence electrons. The first-order valence-corrected chi connectivity index (χ1v) is 12.9. The van der Waals surface area contributed by atoms with Crippen LogP contribution in [0.5, 0.6) is 0 Å². The molecule has 2 aromatic rings. The van der Waals surface area contributed by atoms with Gasteiger partial charge in [-0.3, -0.25) is 10.3 Å². The Labute approximate surface area is 204 Å². The van der Waals surface area contributed by atoms with Crippen molar-refractivity contribution in [1.82, 2.24) is 15.6 Å². The second-order valence-electron chi connectivity index (χ2n) is 9.75. The molecule has 0 unspecified atom stereocenters. The maximum Gasteiger partial charge on any atom is 0.407 e. The Balaban J connectivity index is 2.62. The molecular weight excluding hydrogens is 452 g/mol. The maximum absolute atomic E-state index is 12.4. The minimum Gasteiger partial charge on any atom is -0.444 e. The molecular formula is C25H38N4O4S. The van der Waals surface area contributed by atoms with E-state index in [1.54, 1.807) is 0 Å². The minimum absolute atomic E-state index is 0.125. The van der Waals surface area contributed by atoms with Crippen LogP contribution in [0.4, 0.5) is 4.79 Å². The number of hydrogen-bond acceptors (Lipinski definition) is 7. The smallest absolute Gasteiger partial charge is 0.407 e. The fraction of sp³-hybridized carbons (Fsp3) is 0.520. The van der Waals surface area contributed by atoms with Crippen LogP contribution in [0.15, 0.2) is 24.3 Å². The first-order valence-electron chi connectivity index (χ1n) is 11.5. The van der Waals surface area contributed by atoms with Crippen molar-refractivity contribution in [3.8, 4) is 11.1 Å². The molecule has 1 heterocycles. The minimum atomic E-state index is -2.55. The van der Waals surface area contributed by atoms with Crippen molar-refractivity contribution < 1.29 is 17.9 Å². The Bertz CT molecular complexity index is 1050. The molecule has 0 aliphatic carbocycles. The summed E-state index contributed by atoms with van der Waals surface area (Å²) in [6.45, 7) is 12.6. The number of aromatic nitrogens is 1. The number of carbonyl (C=O) groups is 1. The topological polar surface area (TPSA) is 123 Å². The molecule has 0 fully saturated rings. The average molecular weight is 491 g/mol. The van der Waals surface area contributed by atoms with E-state index in [-0.39, 0.29) is 12.4 Å². The lowest BCUT2D eigenvalue weighted by molar-refractivity contribution is 0.0523. The molecule has 8 nitrogen and oxygen atoms in total. The van der Waals surface area contributed by atoms with E-state index in [9.17, 15) is 13.2 Å². The zero-order chi connectivity index (χ0) is 25.5. The molecule has 0 saturated carbocycles. The van der Waals surface area contributed by atoms with Gasteiger partial charge >= 0.3 is 6.09 Å². The lowest BCUT2D eigenvalue weighted by Crippen LogP contribution is -2.32. The summed E-state index contributed by atoms with van der Waals surface area (Å²) in [5, 5.41) is 5.87. The summed E-state index contributed by atoms with van der Waals surface area (Å²) in [5.41, 5.74) is 11.6. The predicted octanol–water partition coefficient (Wildman–Crippen LogP) is 3.40. The molecule has 0 aliphatic rings. The molecule has 9 heteroatoms. The summed E-state index contributed by atoms with van der Waals surface area (Å²) in [5.74, 6) is 0.229. The second kappa shape index (κ2) is 12.3. The fourth-order valence-electron chi connectivity index (χ4n) is 3.71. The Morgan fingerprint density at radius 2 is 1.76 bits per heavy atom. The van der Waals surface area contributed by atoms with Crippen molar-refractivity contribution in [2.24, 2.45) is 11.7 Å². The third-order valence-corrected chi connectivity index (χ3v) is 5.60. The highest BCUT2D eigenvalue weighted by atomic mass is 32.2. The third kappa shape index (κ3) is 8.38. The highest BCUT2D eigenvalue weighted by Gasteiger charge is 2.22. The molecule has 1 amide bonds. The number of nitrogens with one attached hydrogen (secondary N) is 2. The lowest BCUT2D eigenvalue weighted by Gasteiger charge is -2.24. The van der Waals surface area contributed by atoms with Crippen molar-refractivity contribution >= 4 is 16.8 Å². The van der Waals surface area contributed by atoms with E-state index >= 15 is 0 Å². The monoisotopic (exact) mass is 490 g/mol. The number of hydrogen-bond donors (Lipinski definition) is 4. The summed E-state index contributed by atoms with van der Waals surface area (Å²) in [6, 6.07) is 7.96. The highest BCUT2D eigenvalue weighted by molar-refractivity contribution is 7.72. The van der Waals surface area contributed by atoms with Gasteiger partial charge in [0.15, 0.2) is 10.7 Å². The van der Waals surface area contributed by atoms with Gasteiger partial charge in [0.1, 0.15) is 5.60 Å². The van der Waals surface area contributed by atoms with E-state index in [0.29, 0.717) is 19.0 Å². The van der Waals surface area contributed by atoms with Gasteiger partial charge < -0.3 is 15.8 Å². The lowest BCUT2D eigenvalue weighted by atomic mass is 9.89. The standard InChI is InChI=1S/C25H38N4O4S/c1-16(2)11-22-21(14-28-24(30)33-25(4,5)6)23(19-9-7-18(12-26)8-10-19)20(17(3)29-22)13-27-15-34(31)32/h7-10,16,27,34H,11-15,26H2,1-6H3,(H,28,30). The van der Waals surface area contributed by atoms with Crippen LogP contribution in [0.3, 0.4) is 0 Å². The van der Waals surface area contributed by atoms with Crippen molar-refractivity contribution in [3.05, 3.63) is 52.3 Å². The summed E-state index contributed by atoms with van der Waals surface area (Å²) < 4.78 is 27.7.